The Morgan fingerprint density at radius 1 is 1.11 bits per heavy atom. The number of carbonyl (C=O) groups is 3. The van der Waals surface area contributed by atoms with Gasteiger partial charge in [0.1, 0.15) is 17.4 Å². The van der Waals surface area contributed by atoms with E-state index in [9.17, 15) is 19.5 Å². The summed E-state index contributed by atoms with van der Waals surface area (Å²) in [6, 6.07) is 6.40. The number of aliphatic hydroxyl groups is 1. The molecule has 3 unspecified atom stereocenters. The van der Waals surface area contributed by atoms with E-state index >= 15 is 0 Å². The van der Waals surface area contributed by atoms with E-state index in [1.165, 1.54) is 0 Å². The lowest BCUT2D eigenvalue weighted by atomic mass is 9.62. The van der Waals surface area contributed by atoms with Crippen LogP contribution < -0.4 is 9.64 Å². The van der Waals surface area contributed by atoms with E-state index in [0.29, 0.717) is 63.7 Å². The zero-order valence-electron chi connectivity index (χ0n) is 27.6. The number of anilines is 1. The van der Waals surface area contributed by atoms with Gasteiger partial charge >= 0.3 is 0 Å². The summed E-state index contributed by atoms with van der Waals surface area (Å²) in [7, 11) is 0. The molecule has 4 fully saturated rings. The second kappa shape index (κ2) is 14.3. The second-order valence-electron chi connectivity index (χ2n) is 13.0. The molecule has 1 aromatic carbocycles. The largest absolute Gasteiger partial charge is 0.494 e. The number of carbonyl (C=O) groups excluding carboxylic acids is 3. The van der Waals surface area contributed by atoms with Gasteiger partial charge in [-0.2, -0.15) is 0 Å². The van der Waals surface area contributed by atoms with Crippen LogP contribution in [0, 0.1) is 17.8 Å². The molecule has 4 aliphatic rings. The smallest absolute Gasteiger partial charge is 0.248 e. The molecule has 0 aliphatic carbocycles. The zero-order chi connectivity index (χ0) is 33.1. The Kier molecular flexibility index (Phi) is 10.6. The van der Waals surface area contributed by atoms with Gasteiger partial charge in [0.15, 0.2) is 0 Å². The molecule has 1 spiro atoms. The van der Waals surface area contributed by atoms with Crippen LogP contribution in [-0.4, -0.2) is 127 Å². The maximum absolute atomic E-state index is 14.7. The van der Waals surface area contributed by atoms with Crippen LogP contribution in [0.25, 0.3) is 0 Å². The predicted octanol–water partition coefficient (Wildman–Crippen LogP) is 2.34. The van der Waals surface area contributed by atoms with Crippen LogP contribution in [0.3, 0.4) is 0 Å². The Balaban J connectivity index is 1.50. The maximum atomic E-state index is 14.7. The molecule has 4 aliphatic heterocycles. The fraction of sp³-hybridized carbons (Fsp3) is 0.629. The Labute approximate surface area is 272 Å². The minimum absolute atomic E-state index is 0.0919. The first kappa shape index (κ1) is 34.1. The molecule has 1 N–H and O–H groups in total. The van der Waals surface area contributed by atoms with E-state index in [2.05, 4.69) is 18.1 Å². The molecule has 2 bridgehead atoms. The van der Waals surface area contributed by atoms with E-state index in [0.717, 1.165) is 13.1 Å². The van der Waals surface area contributed by atoms with Crippen LogP contribution in [-0.2, 0) is 23.9 Å². The van der Waals surface area contributed by atoms with Gasteiger partial charge in [-0.3, -0.25) is 19.3 Å². The van der Waals surface area contributed by atoms with E-state index < -0.39 is 29.1 Å². The highest BCUT2D eigenvalue weighted by Crippen LogP contribution is 2.65. The Morgan fingerprint density at radius 2 is 1.80 bits per heavy atom. The summed E-state index contributed by atoms with van der Waals surface area (Å²) >= 11 is 0. The summed E-state index contributed by atoms with van der Waals surface area (Å²) in [5, 5.41) is 9.75. The van der Waals surface area contributed by atoms with Crippen molar-refractivity contribution >= 4 is 23.4 Å². The number of ether oxygens (including phenoxy) is 3. The van der Waals surface area contributed by atoms with Crippen molar-refractivity contribution in [2.24, 2.45) is 17.8 Å². The lowest BCUT2D eigenvalue weighted by Gasteiger charge is -2.39. The predicted molar refractivity (Wildman–Crippen MR) is 174 cm³/mol. The number of fused-ring (bicyclic) bond motifs is 1. The lowest BCUT2D eigenvalue weighted by Crippen LogP contribution is -2.57. The average Bonchev–Trinajstić information content (AvgIpc) is 3.57. The molecule has 252 valence electrons. The van der Waals surface area contributed by atoms with Gasteiger partial charge in [-0.15, -0.1) is 13.2 Å². The highest BCUT2D eigenvalue weighted by molar-refractivity contribution is 6.03. The highest BCUT2D eigenvalue weighted by atomic mass is 16.5. The monoisotopic (exact) mass is 638 g/mol. The SMILES string of the molecule is C=CCN(CCN1CCOCC1)C(=O)C1N(CCCO)C(=O)[C@@H]2[C@@H](C(=O)N(CC=C)c3ccc(OCC)cc3)[C@]3(C)OC12CC3C. The van der Waals surface area contributed by atoms with Crippen molar-refractivity contribution in [1.82, 2.24) is 14.7 Å². The molecule has 0 aromatic heterocycles. The fourth-order valence-corrected chi connectivity index (χ4v) is 8.09. The number of morpholine rings is 1. The van der Waals surface area contributed by atoms with E-state index in [1.807, 2.05) is 45.0 Å². The minimum atomic E-state index is -1.17. The van der Waals surface area contributed by atoms with Gasteiger partial charge in [-0.05, 0) is 56.9 Å². The summed E-state index contributed by atoms with van der Waals surface area (Å²) in [6.07, 6.45) is 4.16. The lowest BCUT2D eigenvalue weighted by molar-refractivity contribution is -0.152. The Morgan fingerprint density at radius 3 is 2.43 bits per heavy atom. The van der Waals surface area contributed by atoms with Crippen molar-refractivity contribution in [3.8, 4) is 5.75 Å². The summed E-state index contributed by atoms with van der Waals surface area (Å²) in [5.74, 6) is -1.75. The van der Waals surface area contributed by atoms with E-state index in [-0.39, 0.29) is 43.3 Å². The van der Waals surface area contributed by atoms with Gasteiger partial charge in [-0.25, -0.2) is 0 Å². The van der Waals surface area contributed by atoms with Crippen molar-refractivity contribution < 1.29 is 33.7 Å². The van der Waals surface area contributed by atoms with Gasteiger partial charge in [0, 0.05) is 58.1 Å². The molecule has 0 radical (unpaired) electrons. The molecule has 46 heavy (non-hydrogen) atoms. The quantitative estimate of drug-likeness (QED) is 0.292. The first-order valence-electron chi connectivity index (χ1n) is 16.6. The molecular weight excluding hydrogens is 588 g/mol. The van der Waals surface area contributed by atoms with Crippen molar-refractivity contribution in [1.29, 1.82) is 0 Å². The number of likely N-dealkylation sites (tertiary alicyclic amines) is 1. The van der Waals surface area contributed by atoms with Gasteiger partial charge in [-0.1, -0.05) is 19.1 Å². The molecule has 4 heterocycles. The molecule has 4 saturated heterocycles. The average molecular weight is 639 g/mol. The molecule has 6 atom stereocenters. The number of aliphatic hydroxyl groups excluding tert-OH is 1. The molecule has 5 rings (SSSR count). The Hall–Kier alpha value is -3.25. The zero-order valence-corrected chi connectivity index (χ0v) is 27.6. The van der Waals surface area contributed by atoms with Crippen LogP contribution in [0.4, 0.5) is 5.69 Å². The van der Waals surface area contributed by atoms with Crippen LogP contribution in [0.2, 0.25) is 0 Å². The molecule has 3 amide bonds. The van der Waals surface area contributed by atoms with Crippen molar-refractivity contribution in [2.75, 3.05) is 77.1 Å². The maximum Gasteiger partial charge on any atom is 0.248 e. The third kappa shape index (κ3) is 5.98. The van der Waals surface area contributed by atoms with Gasteiger partial charge in [0.25, 0.3) is 0 Å². The third-order valence-electron chi connectivity index (χ3n) is 10.4. The van der Waals surface area contributed by atoms with Crippen LogP contribution in [0.15, 0.2) is 49.6 Å². The van der Waals surface area contributed by atoms with Crippen LogP contribution in [0.5, 0.6) is 5.75 Å². The first-order chi connectivity index (χ1) is 22.2. The topological polar surface area (TPSA) is 112 Å². The van der Waals surface area contributed by atoms with Gasteiger partial charge in [0.2, 0.25) is 17.7 Å². The first-order valence-corrected chi connectivity index (χ1v) is 16.6. The fourth-order valence-electron chi connectivity index (χ4n) is 8.09. The standard InChI is InChI=1S/C35H50N4O7/c1-6-14-37(18-17-36-19-22-44-23-20-36)33(43)30-35-24-25(4)34(5,46-35)28(29(35)32(42)39(30)16-9-21-40)31(41)38(15-7-2)26-10-12-27(13-11-26)45-8-3/h6-7,10-13,25,28-30,40H,1-2,8-9,14-24H2,3-5H3/t25?,28-,29-,30?,34+,35?/m0/s1. The van der Waals surface area contributed by atoms with Crippen molar-refractivity contribution in [3.05, 3.63) is 49.6 Å². The molecular formula is C35H50N4O7. The van der Waals surface area contributed by atoms with Gasteiger partial charge in [0.05, 0.1) is 37.3 Å². The number of benzene rings is 1. The van der Waals surface area contributed by atoms with Crippen molar-refractivity contribution in [2.45, 2.75) is 50.9 Å². The van der Waals surface area contributed by atoms with Gasteiger partial charge < -0.3 is 34.0 Å². The van der Waals surface area contributed by atoms with E-state index in [4.69, 9.17) is 14.2 Å². The van der Waals surface area contributed by atoms with Crippen molar-refractivity contribution in [3.63, 3.8) is 0 Å². The van der Waals surface area contributed by atoms with Crippen LogP contribution >= 0.6 is 0 Å². The summed E-state index contributed by atoms with van der Waals surface area (Å²) in [4.78, 5) is 51.2. The number of hydrogen-bond donors (Lipinski definition) is 1. The molecule has 1 aromatic rings. The van der Waals surface area contributed by atoms with Crippen LogP contribution in [0.1, 0.15) is 33.6 Å². The molecule has 11 nitrogen and oxygen atoms in total. The second-order valence-corrected chi connectivity index (χ2v) is 13.0. The number of nitrogens with zero attached hydrogens (tertiary/aromatic N) is 4. The summed E-state index contributed by atoms with van der Waals surface area (Å²) in [6.45, 7) is 18.9. The highest BCUT2D eigenvalue weighted by Gasteiger charge is 2.80. The number of amides is 3. The molecule has 0 saturated carbocycles. The third-order valence-corrected chi connectivity index (χ3v) is 10.4. The molecule has 11 heteroatoms. The number of hydrogen-bond acceptors (Lipinski definition) is 8. The summed E-state index contributed by atoms with van der Waals surface area (Å²) < 4.78 is 18.0. The summed E-state index contributed by atoms with van der Waals surface area (Å²) in [5.41, 5.74) is -1.47. The minimum Gasteiger partial charge on any atom is -0.494 e. The Bertz CT molecular complexity index is 1280. The number of rotatable bonds is 15. The normalized spacial score (nSPS) is 30.3. The van der Waals surface area contributed by atoms with E-state index in [1.54, 1.807) is 26.9 Å².